The zero-order valence-corrected chi connectivity index (χ0v) is 10.8. The molecule has 4 heteroatoms. The second-order valence-corrected chi connectivity index (χ2v) is 5.19. The van der Waals surface area contributed by atoms with Crippen LogP contribution in [0.1, 0.15) is 27.7 Å². The minimum Gasteiger partial charge on any atom is -0.480 e. The predicted molar refractivity (Wildman–Crippen MR) is 64.5 cm³/mol. The predicted octanol–water partition coefficient (Wildman–Crippen LogP) is 1.12. The summed E-state index contributed by atoms with van der Waals surface area (Å²) in [6, 6.07) is 0.235. The van der Waals surface area contributed by atoms with E-state index in [1.165, 1.54) is 0 Å². The van der Waals surface area contributed by atoms with Gasteiger partial charge in [-0.15, -0.1) is 0 Å². The summed E-state index contributed by atoms with van der Waals surface area (Å²) in [6.07, 6.45) is 0. The Morgan fingerprint density at radius 3 is 1.75 bits per heavy atom. The smallest absolute Gasteiger partial charge is 0.321 e. The van der Waals surface area contributed by atoms with Crippen LogP contribution in [0.3, 0.4) is 0 Å². The average Bonchev–Trinajstić information content (AvgIpc) is 2.17. The molecule has 1 rings (SSSR count). The van der Waals surface area contributed by atoms with Crippen LogP contribution >= 0.6 is 0 Å². The molecule has 0 bridgehead atoms. The van der Waals surface area contributed by atoms with Gasteiger partial charge >= 0.3 is 5.97 Å². The molecule has 4 nitrogen and oxygen atoms in total. The van der Waals surface area contributed by atoms with Crippen molar-refractivity contribution < 1.29 is 9.90 Å². The van der Waals surface area contributed by atoms with Crippen LogP contribution < -0.4 is 0 Å². The molecule has 0 spiro atoms. The van der Waals surface area contributed by atoms with Gasteiger partial charge in [-0.1, -0.05) is 13.8 Å². The van der Waals surface area contributed by atoms with Crippen molar-refractivity contribution in [1.82, 2.24) is 9.80 Å². The lowest BCUT2D eigenvalue weighted by Crippen LogP contribution is -2.55. The van der Waals surface area contributed by atoms with Crippen LogP contribution in [0, 0.1) is 5.92 Å². The van der Waals surface area contributed by atoms with Gasteiger partial charge < -0.3 is 5.11 Å². The molecule has 1 aliphatic rings. The fraction of sp³-hybridized carbons (Fsp3) is 0.917. The first-order valence-electron chi connectivity index (χ1n) is 6.14. The van der Waals surface area contributed by atoms with E-state index in [-0.39, 0.29) is 12.0 Å². The third-order valence-corrected chi connectivity index (χ3v) is 3.36. The SMILES string of the molecule is CC(C)C(C(=O)O)N1CCN(C(C)C)CC1. The molecule has 94 valence electrons. The molecule has 0 aromatic carbocycles. The van der Waals surface area contributed by atoms with E-state index in [1.807, 2.05) is 13.8 Å². The normalized spacial score (nSPS) is 21.6. The van der Waals surface area contributed by atoms with Gasteiger partial charge in [0.15, 0.2) is 0 Å². The van der Waals surface area contributed by atoms with Crippen LogP contribution in [-0.2, 0) is 4.79 Å². The Kier molecular flexibility index (Phi) is 4.74. The fourth-order valence-electron chi connectivity index (χ4n) is 2.39. The summed E-state index contributed by atoms with van der Waals surface area (Å²) in [5.74, 6) is -0.518. The standard InChI is InChI=1S/C12H24N2O2/c1-9(2)11(12(15)16)14-7-5-13(6-8-14)10(3)4/h9-11H,5-8H2,1-4H3,(H,15,16). The number of hydrogen-bond donors (Lipinski definition) is 1. The summed E-state index contributed by atoms with van der Waals surface area (Å²) < 4.78 is 0. The van der Waals surface area contributed by atoms with E-state index in [1.54, 1.807) is 0 Å². The molecule has 1 N–H and O–H groups in total. The minimum absolute atomic E-state index is 0.170. The van der Waals surface area contributed by atoms with E-state index < -0.39 is 5.97 Å². The molecular formula is C12H24N2O2. The third-order valence-electron chi connectivity index (χ3n) is 3.36. The minimum atomic E-state index is -0.687. The molecule has 0 aromatic heterocycles. The lowest BCUT2D eigenvalue weighted by atomic mass is 10.0. The van der Waals surface area contributed by atoms with Crippen molar-refractivity contribution in [2.75, 3.05) is 26.2 Å². The first-order valence-corrected chi connectivity index (χ1v) is 6.14. The summed E-state index contributed by atoms with van der Waals surface area (Å²) in [4.78, 5) is 15.7. The molecule has 1 saturated heterocycles. The molecule has 1 unspecified atom stereocenters. The highest BCUT2D eigenvalue weighted by Crippen LogP contribution is 2.15. The second kappa shape index (κ2) is 5.64. The molecule has 0 saturated carbocycles. The number of carboxylic acid groups (broad SMARTS) is 1. The van der Waals surface area contributed by atoms with Gasteiger partial charge in [-0.3, -0.25) is 14.6 Å². The number of hydrogen-bond acceptors (Lipinski definition) is 3. The Morgan fingerprint density at radius 1 is 1.00 bits per heavy atom. The van der Waals surface area contributed by atoms with Gasteiger partial charge in [0, 0.05) is 32.2 Å². The van der Waals surface area contributed by atoms with E-state index in [0.717, 1.165) is 26.2 Å². The van der Waals surface area contributed by atoms with Gasteiger partial charge in [-0.2, -0.15) is 0 Å². The lowest BCUT2D eigenvalue weighted by Gasteiger charge is -2.40. The van der Waals surface area contributed by atoms with Crippen LogP contribution in [0.25, 0.3) is 0 Å². The van der Waals surface area contributed by atoms with Crippen LogP contribution in [0.5, 0.6) is 0 Å². The first-order chi connectivity index (χ1) is 7.43. The van der Waals surface area contributed by atoms with Gasteiger partial charge in [-0.25, -0.2) is 0 Å². The van der Waals surface area contributed by atoms with Gasteiger partial charge in [0.05, 0.1) is 0 Å². The monoisotopic (exact) mass is 228 g/mol. The van der Waals surface area contributed by atoms with Crippen LogP contribution in [-0.4, -0.2) is 59.1 Å². The Bertz CT molecular complexity index is 233. The van der Waals surface area contributed by atoms with E-state index >= 15 is 0 Å². The summed E-state index contributed by atoms with van der Waals surface area (Å²) in [5, 5.41) is 9.22. The highest BCUT2D eigenvalue weighted by molar-refractivity contribution is 5.73. The number of piperazine rings is 1. The zero-order chi connectivity index (χ0) is 12.3. The molecule has 0 radical (unpaired) electrons. The average molecular weight is 228 g/mol. The van der Waals surface area contributed by atoms with Gasteiger partial charge in [0.1, 0.15) is 6.04 Å². The first kappa shape index (κ1) is 13.5. The summed E-state index contributed by atoms with van der Waals surface area (Å²) in [7, 11) is 0. The zero-order valence-electron chi connectivity index (χ0n) is 10.8. The van der Waals surface area contributed by atoms with Crippen molar-refractivity contribution in [1.29, 1.82) is 0 Å². The van der Waals surface area contributed by atoms with Crippen molar-refractivity contribution in [2.24, 2.45) is 5.92 Å². The molecule has 0 aliphatic carbocycles. The number of rotatable bonds is 4. The highest BCUT2D eigenvalue weighted by atomic mass is 16.4. The Morgan fingerprint density at radius 2 is 1.44 bits per heavy atom. The molecule has 1 atom stereocenters. The second-order valence-electron chi connectivity index (χ2n) is 5.19. The van der Waals surface area contributed by atoms with E-state index in [4.69, 9.17) is 0 Å². The van der Waals surface area contributed by atoms with E-state index in [0.29, 0.717) is 6.04 Å². The van der Waals surface area contributed by atoms with Crippen molar-refractivity contribution in [3.05, 3.63) is 0 Å². The molecular weight excluding hydrogens is 204 g/mol. The lowest BCUT2D eigenvalue weighted by molar-refractivity contribution is -0.146. The Balaban J connectivity index is 2.54. The van der Waals surface area contributed by atoms with Gasteiger partial charge in [0.2, 0.25) is 0 Å². The maximum atomic E-state index is 11.2. The van der Waals surface area contributed by atoms with Crippen molar-refractivity contribution in [3.63, 3.8) is 0 Å². The quantitative estimate of drug-likeness (QED) is 0.783. The summed E-state index contributed by atoms with van der Waals surface area (Å²) in [6.45, 7) is 12.0. The molecule has 0 aromatic rings. The largest absolute Gasteiger partial charge is 0.480 e. The summed E-state index contributed by atoms with van der Waals surface area (Å²) in [5.41, 5.74) is 0. The van der Waals surface area contributed by atoms with Gasteiger partial charge in [-0.05, 0) is 19.8 Å². The van der Waals surface area contributed by atoms with Crippen LogP contribution in [0.2, 0.25) is 0 Å². The molecule has 16 heavy (non-hydrogen) atoms. The van der Waals surface area contributed by atoms with E-state index in [2.05, 4.69) is 23.6 Å². The number of aliphatic carboxylic acids is 1. The molecule has 0 amide bonds. The highest BCUT2D eigenvalue weighted by Gasteiger charge is 2.31. The Labute approximate surface area is 98.2 Å². The fourth-order valence-corrected chi connectivity index (χ4v) is 2.39. The molecule has 1 heterocycles. The van der Waals surface area contributed by atoms with Gasteiger partial charge in [0.25, 0.3) is 0 Å². The number of nitrogens with zero attached hydrogens (tertiary/aromatic N) is 2. The topological polar surface area (TPSA) is 43.8 Å². The number of carbonyl (C=O) groups is 1. The molecule has 1 fully saturated rings. The maximum absolute atomic E-state index is 11.2. The maximum Gasteiger partial charge on any atom is 0.321 e. The van der Waals surface area contributed by atoms with Crippen LogP contribution in [0.4, 0.5) is 0 Å². The van der Waals surface area contributed by atoms with Crippen molar-refractivity contribution in [2.45, 2.75) is 39.8 Å². The third kappa shape index (κ3) is 3.19. The summed E-state index contributed by atoms with van der Waals surface area (Å²) >= 11 is 0. The van der Waals surface area contributed by atoms with Crippen molar-refractivity contribution in [3.8, 4) is 0 Å². The van der Waals surface area contributed by atoms with Crippen LogP contribution in [0.15, 0.2) is 0 Å². The molecule has 1 aliphatic heterocycles. The van der Waals surface area contributed by atoms with E-state index in [9.17, 15) is 9.90 Å². The van der Waals surface area contributed by atoms with Crippen molar-refractivity contribution >= 4 is 5.97 Å². The Hall–Kier alpha value is -0.610. The number of carboxylic acids is 1.